The lowest BCUT2D eigenvalue weighted by Crippen LogP contribution is -2.70. The number of amides is 2. The molecule has 3 saturated carbocycles. The maximum absolute atomic E-state index is 12.9. The Morgan fingerprint density at radius 1 is 1.30 bits per heavy atom. The highest BCUT2D eigenvalue weighted by molar-refractivity contribution is 6.02. The van der Waals surface area contributed by atoms with Crippen LogP contribution >= 0.6 is 0 Å². The lowest BCUT2D eigenvalue weighted by atomic mass is 9.51. The van der Waals surface area contributed by atoms with Gasteiger partial charge < -0.3 is 20.9 Å². The van der Waals surface area contributed by atoms with Gasteiger partial charge in [0.25, 0.3) is 5.91 Å². The van der Waals surface area contributed by atoms with E-state index in [1.165, 1.54) is 0 Å². The summed E-state index contributed by atoms with van der Waals surface area (Å²) < 4.78 is 0. The van der Waals surface area contributed by atoms with Crippen LogP contribution in [0.1, 0.15) is 43.0 Å². The summed E-state index contributed by atoms with van der Waals surface area (Å²) in [5.74, 6) is 0.440. The van der Waals surface area contributed by atoms with E-state index in [9.17, 15) is 9.59 Å². The number of nitrogens with zero attached hydrogens (tertiary/aromatic N) is 1. The van der Waals surface area contributed by atoms with Gasteiger partial charge in [0.15, 0.2) is 0 Å². The summed E-state index contributed by atoms with van der Waals surface area (Å²) in [6.45, 7) is 3.74. The highest BCUT2D eigenvalue weighted by atomic mass is 16.2. The molecule has 6 heteroatoms. The average Bonchev–Trinajstić information content (AvgIpc) is 2.60. The van der Waals surface area contributed by atoms with Crippen LogP contribution in [-0.4, -0.2) is 49.6 Å². The van der Waals surface area contributed by atoms with Crippen LogP contribution < -0.4 is 16.0 Å². The molecule has 0 aromatic heterocycles. The summed E-state index contributed by atoms with van der Waals surface area (Å²) in [6.07, 6.45) is 3.67. The minimum Gasteiger partial charge on any atom is -0.362 e. The van der Waals surface area contributed by atoms with E-state index < -0.39 is 5.66 Å². The van der Waals surface area contributed by atoms with Crippen molar-refractivity contribution in [3.05, 3.63) is 29.8 Å². The SMILES string of the molecule is CN(C)CCNC(=O)C1CC2CCC1(C)C[C@]21NC(=O)c2ccccc2N1. The Morgan fingerprint density at radius 2 is 2.07 bits per heavy atom. The fourth-order valence-corrected chi connectivity index (χ4v) is 5.38. The molecule has 1 aromatic rings. The molecule has 2 bridgehead atoms. The topological polar surface area (TPSA) is 73.5 Å². The average molecular weight is 370 g/mol. The number of hydrogen-bond donors (Lipinski definition) is 3. The summed E-state index contributed by atoms with van der Waals surface area (Å²) in [5.41, 5.74) is 1.07. The minimum absolute atomic E-state index is 0.00696. The second kappa shape index (κ2) is 6.51. The zero-order valence-corrected chi connectivity index (χ0v) is 16.5. The highest BCUT2D eigenvalue weighted by Gasteiger charge is 2.60. The maximum atomic E-state index is 12.9. The number of likely N-dealkylation sites (N-methyl/N-ethyl adjacent to an activating group) is 1. The molecule has 5 rings (SSSR count). The molecule has 1 heterocycles. The van der Waals surface area contributed by atoms with Gasteiger partial charge in [0.1, 0.15) is 5.66 Å². The van der Waals surface area contributed by atoms with Crippen LogP contribution in [0.2, 0.25) is 0 Å². The van der Waals surface area contributed by atoms with E-state index in [4.69, 9.17) is 0 Å². The fourth-order valence-electron chi connectivity index (χ4n) is 5.38. The second-order valence-electron chi connectivity index (χ2n) is 9.05. The molecule has 3 fully saturated rings. The largest absolute Gasteiger partial charge is 0.362 e. The molecular formula is C21H30N4O2. The first-order valence-corrected chi connectivity index (χ1v) is 9.95. The first-order chi connectivity index (χ1) is 12.8. The van der Waals surface area contributed by atoms with Crippen LogP contribution in [0.4, 0.5) is 5.69 Å². The van der Waals surface area contributed by atoms with E-state index in [0.29, 0.717) is 12.1 Å². The van der Waals surface area contributed by atoms with Gasteiger partial charge in [-0.15, -0.1) is 0 Å². The highest BCUT2D eigenvalue weighted by Crippen LogP contribution is 2.58. The van der Waals surface area contributed by atoms with Gasteiger partial charge in [-0.3, -0.25) is 9.59 Å². The maximum Gasteiger partial charge on any atom is 0.255 e. The normalized spacial score (nSPS) is 34.1. The molecule has 0 radical (unpaired) electrons. The van der Waals surface area contributed by atoms with E-state index in [2.05, 4.69) is 27.8 Å². The number of benzene rings is 1. The van der Waals surface area contributed by atoms with Crippen LogP contribution in [0.5, 0.6) is 0 Å². The number of rotatable bonds is 4. The summed E-state index contributed by atoms with van der Waals surface area (Å²) >= 11 is 0. The lowest BCUT2D eigenvalue weighted by Gasteiger charge is -2.60. The Kier molecular flexibility index (Phi) is 4.41. The first-order valence-electron chi connectivity index (χ1n) is 9.95. The van der Waals surface area contributed by atoms with Gasteiger partial charge in [0.2, 0.25) is 5.91 Å². The molecule has 4 aliphatic rings. The lowest BCUT2D eigenvalue weighted by molar-refractivity contribution is -0.139. The number of para-hydroxylation sites is 1. The minimum atomic E-state index is -0.432. The number of fused-ring (bicyclic) bond motifs is 3. The van der Waals surface area contributed by atoms with Crippen molar-refractivity contribution in [3.8, 4) is 0 Å². The van der Waals surface area contributed by atoms with Crippen molar-refractivity contribution < 1.29 is 9.59 Å². The molecular weight excluding hydrogens is 340 g/mol. The Bertz CT molecular complexity index is 764. The van der Waals surface area contributed by atoms with E-state index in [0.717, 1.165) is 37.9 Å². The van der Waals surface area contributed by atoms with E-state index >= 15 is 0 Å². The van der Waals surface area contributed by atoms with Crippen molar-refractivity contribution in [3.63, 3.8) is 0 Å². The third-order valence-electron chi connectivity index (χ3n) is 6.85. The number of hydrogen-bond acceptors (Lipinski definition) is 4. The Balaban J connectivity index is 1.53. The van der Waals surface area contributed by atoms with Crippen LogP contribution in [-0.2, 0) is 4.79 Å². The molecule has 1 aliphatic heterocycles. The number of carbonyl (C=O) groups is 2. The van der Waals surface area contributed by atoms with Crippen molar-refractivity contribution in [2.24, 2.45) is 17.3 Å². The fraction of sp³-hybridized carbons (Fsp3) is 0.619. The van der Waals surface area contributed by atoms with E-state index in [-0.39, 0.29) is 29.1 Å². The van der Waals surface area contributed by atoms with Gasteiger partial charge in [0, 0.05) is 30.6 Å². The third-order valence-corrected chi connectivity index (χ3v) is 6.85. The van der Waals surface area contributed by atoms with Crippen molar-refractivity contribution in [2.45, 2.75) is 38.3 Å². The standard InChI is InChI=1S/C21H30N4O2/c1-20-9-8-14(12-16(20)19(27)22-10-11-25(2)3)21(13-20)23-17-7-5-4-6-15(17)18(26)24-21/h4-7,14,16,23H,8-13H2,1-3H3,(H,22,27)(H,24,26)/t14?,16?,20?,21-/m0/s1. The van der Waals surface area contributed by atoms with Crippen molar-refractivity contribution in [2.75, 3.05) is 32.5 Å². The van der Waals surface area contributed by atoms with Gasteiger partial charge in [-0.1, -0.05) is 19.1 Å². The van der Waals surface area contributed by atoms with Crippen LogP contribution in [0, 0.1) is 17.3 Å². The summed E-state index contributed by atoms with van der Waals surface area (Å²) in [7, 11) is 4.02. The molecule has 3 unspecified atom stereocenters. The molecule has 1 aromatic carbocycles. The van der Waals surface area contributed by atoms with E-state index in [1.54, 1.807) is 0 Å². The summed E-state index contributed by atoms with van der Waals surface area (Å²) in [6, 6.07) is 7.68. The smallest absolute Gasteiger partial charge is 0.255 e. The van der Waals surface area contributed by atoms with Gasteiger partial charge in [-0.25, -0.2) is 0 Å². The molecule has 146 valence electrons. The van der Waals surface area contributed by atoms with Crippen molar-refractivity contribution in [1.82, 2.24) is 15.5 Å². The van der Waals surface area contributed by atoms with Crippen LogP contribution in [0.15, 0.2) is 24.3 Å². The first kappa shape index (κ1) is 18.3. The predicted molar refractivity (Wildman–Crippen MR) is 105 cm³/mol. The van der Waals surface area contributed by atoms with Crippen molar-refractivity contribution in [1.29, 1.82) is 0 Å². The predicted octanol–water partition coefficient (Wildman–Crippen LogP) is 2.04. The van der Waals surface area contributed by atoms with Gasteiger partial charge >= 0.3 is 0 Å². The molecule has 3 aliphatic carbocycles. The van der Waals surface area contributed by atoms with Gasteiger partial charge in [0.05, 0.1) is 5.56 Å². The van der Waals surface area contributed by atoms with Crippen molar-refractivity contribution >= 4 is 17.5 Å². The summed E-state index contributed by atoms with van der Waals surface area (Å²) in [4.78, 5) is 27.7. The number of carbonyl (C=O) groups excluding carboxylic acids is 2. The number of nitrogens with one attached hydrogen (secondary N) is 3. The monoisotopic (exact) mass is 370 g/mol. The zero-order valence-electron chi connectivity index (χ0n) is 16.5. The molecule has 1 spiro atoms. The quantitative estimate of drug-likeness (QED) is 0.758. The molecule has 4 atom stereocenters. The molecule has 6 nitrogen and oxygen atoms in total. The Hall–Kier alpha value is -2.08. The van der Waals surface area contributed by atoms with Gasteiger partial charge in [-0.2, -0.15) is 0 Å². The van der Waals surface area contributed by atoms with E-state index in [1.807, 2.05) is 38.4 Å². The third kappa shape index (κ3) is 3.10. The van der Waals surface area contributed by atoms with Crippen LogP contribution in [0.25, 0.3) is 0 Å². The molecule has 3 N–H and O–H groups in total. The Morgan fingerprint density at radius 3 is 2.81 bits per heavy atom. The zero-order chi connectivity index (χ0) is 19.2. The number of anilines is 1. The second-order valence-corrected chi connectivity index (χ2v) is 9.05. The molecule has 2 amide bonds. The molecule has 0 saturated heterocycles. The molecule has 27 heavy (non-hydrogen) atoms. The van der Waals surface area contributed by atoms with Gasteiger partial charge in [-0.05, 0) is 57.3 Å². The van der Waals surface area contributed by atoms with Crippen LogP contribution in [0.3, 0.4) is 0 Å². The Labute approximate surface area is 161 Å². The summed E-state index contributed by atoms with van der Waals surface area (Å²) in [5, 5.41) is 10.0.